The van der Waals surface area contributed by atoms with Crippen LogP contribution in [-0.2, 0) is 6.42 Å². The van der Waals surface area contributed by atoms with Crippen molar-refractivity contribution in [2.75, 3.05) is 6.61 Å². The van der Waals surface area contributed by atoms with Gasteiger partial charge in [-0.3, -0.25) is 0 Å². The topological polar surface area (TPSA) is 33.0 Å². The van der Waals surface area contributed by atoms with Crippen LogP contribution in [0.2, 0.25) is 0 Å². The Morgan fingerprint density at radius 1 is 1.35 bits per heavy atom. The van der Waals surface area contributed by atoms with Crippen molar-refractivity contribution in [3.8, 4) is 11.8 Å². The van der Waals surface area contributed by atoms with E-state index in [-0.39, 0.29) is 5.75 Å². The molecule has 86 valence electrons. The smallest absolute Gasteiger partial charge is 0.166 e. The number of hydrogen-bond donors (Lipinski definition) is 0. The van der Waals surface area contributed by atoms with Gasteiger partial charge in [0.1, 0.15) is 0 Å². The molecule has 0 saturated carbocycles. The normalized spacial score (nSPS) is 9.88. The zero-order valence-corrected chi connectivity index (χ0v) is 9.84. The highest BCUT2D eigenvalue weighted by Gasteiger charge is 2.04. The van der Waals surface area contributed by atoms with Gasteiger partial charge in [-0.15, -0.1) is 11.3 Å². The quantitative estimate of drug-likeness (QED) is 0.829. The molecule has 0 radical (unpaired) electrons. The molecule has 2 rings (SSSR count). The lowest BCUT2D eigenvalue weighted by Crippen LogP contribution is -2.01. The Morgan fingerprint density at radius 3 is 2.88 bits per heavy atom. The van der Waals surface area contributed by atoms with Crippen molar-refractivity contribution in [3.63, 3.8) is 0 Å². The zero-order chi connectivity index (χ0) is 12.1. The monoisotopic (exact) mass is 247 g/mol. The molecule has 0 atom stereocenters. The molecule has 0 spiro atoms. The molecule has 4 heteroatoms. The van der Waals surface area contributed by atoms with Crippen molar-refractivity contribution in [1.82, 2.24) is 0 Å². The van der Waals surface area contributed by atoms with Crippen LogP contribution in [0.1, 0.15) is 10.4 Å². The van der Waals surface area contributed by atoms with Gasteiger partial charge in [0.15, 0.2) is 11.6 Å². The maximum Gasteiger partial charge on any atom is 0.166 e. The molecular weight excluding hydrogens is 237 g/mol. The van der Waals surface area contributed by atoms with Crippen molar-refractivity contribution in [3.05, 3.63) is 52.0 Å². The van der Waals surface area contributed by atoms with Crippen LogP contribution in [0.25, 0.3) is 0 Å². The van der Waals surface area contributed by atoms with E-state index < -0.39 is 5.82 Å². The summed E-state index contributed by atoms with van der Waals surface area (Å²) in [7, 11) is 0. The largest absolute Gasteiger partial charge is 0.490 e. The van der Waals surface area contributed by atoms with E-state index in [2.05, 4.69) is 0 Å². The summed E-state index contributed by atoms with van der Waals surface area (Å²) in [6, 6.07) is 10.1. The third kappa shape index (κ3) is 3.05. The number of nitriles is 1. The van der Waals surface area contributed by atoms with E-state index >= 15 is 0 Å². The van der Waals surface area contributed by atoms with Crippen LogP contribution in [0.3, 0.4) is 0 Å². The van der Waals surface area contributed by atoms with Crippen molar-refractivity contribution < 1.29 is 9.13 Å². The highest BCUT2D eigenvalue weighted by molar-refractivity contribution is 7.09. The predicted molar refractivity (Wildman–Crippen MR) is 64.6 cm³/mol. The molecule has 0 unspecified atom stereocenters. The standard InChI is InChI=1S/C13H10FNOS/c14-12-8-10(9-15)3-4-13(12)16-6-5-11-2-1-7-17-11/h1-4,7-8H,5-6H2. The number of hydrogen-bond acceptors (Lipinski definition) is 3. The first kappa shape index (κ1) is 11.6. The molecule has 0 aliphatic rings. The Balaban J connectivity index is 1.93. The summed E-state index contributed by atoms with van der Waals surface area (Å²) in [5.74, 6) is -0.296. The minimum absolute atomic E-state index is 0.195. The van der Waals surface area contributed by atoms with E-state index in [0.29, 0.717) is 12.2 Å². The molecule has 0 bridgehead atoms. The van der Waals surface area contributed by atoms with Gasteiger partial charge in [0, 0.05) is 11.3 Å². The fraction of sp³-hybridized carbons (Fsp3) is 0.154. The van der Waals surface area contributed by atoms with Gasteiger partial charge >= 0.3 is 0 Å². The first-order valence-corrected chi connectivity index (χ1v) is 6.02. The number of ether oxygens (including phenoxy) is 1. The Kier molecular flexibility index (Phi) is 3.73. The van der Waals surface area contributed by atoms with Crippen LogP contribution >= 0.6 is 11.3 Å². The lowest BCUT2D eigenvalue weighted by Gasteiger charge is -2.06. The third-order valence-electron chi connectivity index (χ3n) is 2.25. The summed E-state index contributed by atoms with van der Waals surface area (Å²) in [5.41, 5.74) is 0.299. The Morgan fingerprint density at radius 2 is 2.24 bits per heavy atom. The van der Waals surface area contributed by atoms with Gasteiger partial charge in [-0.2, -0.15) is 5.26 Å². The second-order valence-corrected chi connectivity index (χ2v) is 4.47. The molecule has 0 amide bonds. The number of halogens is 1. The van der Waals surface area contributed by atoms with Crippen molar-refractivity contribution in [2.45, 2.75) is 6.42 Å². The second-order valence-electron chi connectivity index (χ2n) is 3.43. The van der Waals surface area contributed by atoms with E-state index in [9.17, 15) is 4.39 Å². The molecule has 1 heterocycles. The first-order valence-electron chi connectivity index (χ1n) is 5.14. The molecule has 1 aromatic carbocycles. The average molecular weight is 247 g/mol. The van der Waals surface area contributed by atoms with Crippen LogP contribution in [0, 0.1) is 17.1 Å². The summed E-state index contributed by atoms with van der Waals surface area (Å²) in [5, 5.41) is 10.6. The number of nitrogens with zero attached hydrogens (tertiary/aromatic N) is 1. The number of benzene rings is 1. The first-order chi connectivity index (χ1) is 8.29. The van der Waals surface area contributed by atoms with Gasteiger partial charge in [0.05, 0.1) is 18.2 Å². The lowest BCUT2D eigenvalue weighted by molar-refractivity contribution is 0.306. The zero-order valence-electron chi connectivity index (χ0n) is 9.02. The van der Waals surface area contributed by atoms with Gasteiger partial charge in [-0.1, -0.05) is 6.07 Å². The molecule has 0 aliphatic heterocycles. The maximum atomic E-state index is 13.4. The van der Waals surface area contributed by atoms with Gasteiger partial charge < -0.3 is 4.74 Å². The molecule has 0 saturated heterocycles. The summed E-state index contributed by atoms with van der Waals surface area (Å²) >= 11 is 1.65. The molecule has 0 fully saturated rings. The summed E-state index contributed by atoms with van der Waals surface area (Å²) in [6.45, 7) is 0.434. The minimum Gasteiger partial charge on any atom is -0.490 e. The average Bonchev–Trinajstić information content (AvgIpc) is 2.84. The Hall–Kier alpha value is -1.86. The molecule has 0 aliphatic carbocycles. The minimum atomic E-state index is -0.491. The highest BCUT2D eigenvalue weighted by atomic mass is 32.1. The van der Waals surface area contributed by atoms with Crippen LogP contribution in [0.15, 0.2) is 35.7 Å². The van der Waals surface area contributed by atoms with Crippen molar-refractivity contribution >= 4 is 11.3 Å². The summed E-state index contributed by atoms with van der Waals surface area (Å²) in [4.78, 5) is 1.21. The van der Waals surface area contributed by atoms with Crippen molar-refractivity contribution in [2.24, 2.45) is 0 Å². The van der Waals surface area contributed by atoms with E-state index in [1.54, 1.807) is 17.4 Å². The molecule has 2 aromatic rings. The van der Waals surface area contributed by atoms with Gasteiger partial charge in [0.25, 0.3) is 0 Å². The van der Waals surface area contributed by atoms with Crippen LogP contribution in [0.4, 0.5) is 4.39 Å². The Labute approximate surface area is 103 Å². The van der Waals surface area contributed by atoms with Crippen LogP contribution < -0.4 is 4.74 Å². The molecular formula is C13H10FNOS. The number of thiophene rings is 1. The molecule has 0 N–H and O–H groups in total. The van der Waals surface area contributed by atoms with Gasteiger partial charge in [-0.25, -0.2) is 4.39 Å². The van der Waals surface area contributed by atoms with Crippen LogP contribution in [-0.4, -0.2) is 6.61 Å². The molecule has 1 aromatic heterocycles. The summed E-state index contributed by atoms with van der Waals surface area (Å²) < 4.78 is 18.8. The predicted octanol–water partition coefficient (Wildman–Crippen LogP) is 3.38. The third-order valence-corrected chi connectivity index (χ3v) is 3.18. The fourth-order valence-electron chi connectivity index (χ4n) is 1.40. The molecule has 17 heavy (non-hydrogen) atoms. The molecule has 2 nitrogen and oxygen atoms in total. The van der Waals surface area contributed by atoms with E-state index in [1.807, 2.05) is 23.6 Å². The fourth-order valence-corrected chi connectivity index (χ4v) is 2.09. The lowest BCUT2D eigenvalue weighted by atomic mass is 10.2. The Bertz CT molecular complexity index is 531. The maximum absolute atomic E-state index is 13.4. The van der Waals surface area contributed by atoms with Crippen molar-refractivity contribution in [1.29, 1.82) is 5.26 Å². The number of rotatable bonds is 4. The highest BCUT2D eigenvalue weighted by Crippen LogP contribution is 2.18. The SMILES string of the molecule is N#Cc1ccc(OCCc2cccs2)c(F)c1. The second kappa shape index (κ2) is 5.46. The summed E-state index contributed by atoms with van der Waals surface area (Å²) in [6.07, 6.45) is 0.761. The van der Waals surface area contributed by atoms with E-state index in [0.717, 1.165) is 6.42 Å². The van der Waals surface area contributed by atoms with Gasteiger partial charge in [0.2, 0.25) is 0 Å². The van der Waals surface area contributed by atoms with Gasteiger partial charge in [-0.05, 0) is 29.6 Å². The van der Waals surface area contributed by atoms with E-state index in [4.69, 9.17) is 10.00 Å². The van der Waals surface area contributed by atoms with Crippen LogP contribution in [0.5, 0.6) is 5.75 Å². The van der Waals surface area contributed by atoms with E-state index in [1.165, 1.54) is 17.0 Å².